The number of benzene rings is 1. The van der Waals surface area contributed by atoms with Gasteiger partial charge < -0.3 is 15.2 Å². The van der Waals surface area contributed by atoms with E-state index >= 15 is 0 Å². The Hall–Kier alpha value is -1.06. The van der Waals surface area contributed by atoms with E-state index in [9.17, 15) is 5.11 Å². The van der Waals surface area contributed by atoms with Crippen LogP contribution in [0.1, 0.15) is 44.7 Å². The maximum atomic E-state index is 9.72. The molecule has 0 aliphatic heterocycles. The molecule has 1 aromatic carbocycles. The van der Waals surface area contributed by atoms with Gasteiger partial charge in [-0.05, 0) is 39.3 Å². The average Bonchev–Trinajstić information content (AvgIpc) is 2.31. The maximum Gasteiger partial charge on any atom is 0.126 e. The van der Waals surface area contributed by atoms with Crippen LogP contribution in [0, 0.1) is 6.92 Å². The number of para-hydroxylation sites is 1. The van der Waals surface area contributed by atoms with Crippen molar-refractivity contribution in [1.82, 2.24) is 5.32 Å². The van der Waals surface area contributed by atoms with Gasteiger partial charge in [0.15, 0.2) is 0 Å². The van der Waals surface area contributed by atoms with Crippen LogP contribution in [0.2, 0.25) is 0 Å². The topological polar surface area (TPSA) is 41.5 Å². The minimum atomic E-state index is -0.677. The third kappa shape index (κ3) is 6.08. The Morgan fingerprint density at radius 1 is 1.32 bits per heavy atom. The van der Waals surface area contributed by atoms with E-state index in [1.807, 2.05) is 0 Å². The summed E-state index contributed by atoms with van der Waals surface area (Å²) in [7, 11) is 0. The van der Waals surface area contributed by atoms with E-state index in [-0.39, 0.29) is 0 Å². The summed E-state index contributed by atoms with van der Waals surface area (Å²) >= 11 is 0. The lowest BCUT2D eigenvalue weighted by Gasteiger charge is -2.19. The number of nitrogens with one attached hydrogen (secondary N) is 1. The molecule has 2 N–H and O–H groups in total. The van der Waals surface area contributed by atoms with Crippen LogP contribution in [0.3, 0.4) is 0 Å². The lowest BCUT2D eigenvalue weighted by Crippen LogP contribution is -2.22. The van der Waals surface area contributed by atoms with E-state index in [1.54, 1.807) is 13.8 Å². The second-order valence-electron chi connectivity index (χ2n) is 5.65. The van der Waals surface area contributed by atoms with Gasteiger partial charge >= 0.3 is 0 Å². The molecule has 3 heteroatoms. The van der Waals surface area contributed by atoms with Crippen molar-refractivity contribution in [1.29, 1.82) is 0 Å². The van der Waals surface area contributed by atoms with Crippen LogP contribution in [0.15, 0.2) is 18.2 Å². The van der Waals surface area contributed by atoms with Crippen molar-refractivity contribution in [3.8, 4) is 5.75 Å². The summed E-state index contributed by atoms with van der Waals surface area (Å²) in [5.74, 6) is 0.954. The summed E-state index contributed by atoms with van der Waals surface area (Å²) in [6.45, 7) is 10.2. The zero-order valence-electron chi connectivity index (χ0n) is 12.6. The summed E-state index contributed by atoms with van der Waals surface area (Å²) in [5, 5.41) is 13.1. The van der Waals surface area contributed by atoms with Gasteiger partial charge in [-0.15, -0.1) is 0 Å². The molecular formula is C16H27NO2. The molecule has 0 spiro atoms. The van der Waals surface area contributed by atoms with E-state index in [2.05, 4.69) is 37.4 Å². The van der Waals surface area contributed by atoms with Crippen LogP contribution in [0.4, 0.5) is 0 Å². The fourth-order valence-electron chi connectivity index (χ4n) is 1.86. The molecule has 0 radical (unpaired) electrons. The highest BCUT2D eigenvalue weighted by Gasteiger charge is 2.13. The van der Waals surface area contributed by atoms with Gasteiger partial charge in [0, 0.05) is 18.5 Å². The first-order valence-electron chi connectivity index (χ1n) is 7.08. The summed E-state index contributed by atoms with van der Waals surface area (Å²) in [6, 6.07) is 6.21. The molecule has 0 aliphatic rings. The maximum absolute atomic E-state index is 9.72. The molecule has 0 heterocycles. The van der Waals surface area contributed by atoms with Crippen LogP contribution in [-0.4, -0.2) is 23.9 Å². The van der Waals surface area contributed by atoms with Crippen LogP contribution in [-0.2, 0) is 6.54 Å². The molecule has 0 saturated carbocycles. The van der Waals surface area contributed by atoms with Crippen molar-refractivity contribution < 1.29 is 9.84 Å². The summed E-state index contributed by atoms with van der Waals surface area (Å²) in [6.07, 6.45) is 1.75. The number of hydrogen-bond donors (Lipinski definition) is 2. The molecule has 0 amide bonds. The third-order valence-electron chi connectivity index (χ3n) is 3.00. The summed E-state index contributed by atoms with van der Waals surface area (Å²) in [5.41, 5.74) is 1.65. The Balaban J connectivity index is 2.63. The number of ether oxygens (including phenoxy) is 1. The van der Waals surface area contributed by atoms with Gasteiger partial charge in [0.25, 0.3) is 0 Å². The predicted molar refractivity (Wildman–Crippen MR) is 79.6 cm³/mol. The van der Waals surface area contributed by atoms with E-state index in [0.29, 0.717) is 13.0 Å². The van der Waals surface area contributed by atoms with Gasteiger partial charge in [-0.2, -0.15) is 0 Å². The Morgan fingerprint density at radius 2 is 2.05 bits per heavy atom. The zero-order chi connectivity index (χ0) is 14.3. The fourth-order valence-corrected chi connectivity index (χ4v) is 1.86. The van der Waals surface area contributed by atoms with Gasteiger partial charge in [-0.3, -0.25) is 0 Å². The molecule has 0 atom stereocenters. The van der Waals surface area contributed by atoms with E-state index in [0.717, 1.165) is 30.8 Å². The molecule has 19 heavy (non-hydrogen) atoms. The largest absolute Gasteiger partial charge is 0.493 e. The highest BCUT2D eigenvalue weighted by Crippen LogP contribution is 2.24. The normalized spacial score (nSPS) is 11.6. The number of aryl methyl sites for hydroxylation is 1. The molecule has 0 fully saturated rings. The first-order chi connectivity index (χ1) is 8.94. The smallest absolute Gasteiger partial charge is 0.126 e. The first kappa shape index (κ1) is 16.0. The van der Waals surface area contributed by atoms with Gasteiger partial charge in [0.1, 0.15) is 5.75 Å². The number of aliphatic hydroxyl groups is 1. The lowest BCUT2D eigenvalue weighted by atomic mass is 10.1. The molecule has 1 aromatic rings. The van der Waals surface area contributed by atoms with Gasteiger partial charge in [0.05, 0.1) is 12.2 Å². The molecule has 0 aliphatic carbocycles. The van der Waals surface area contributed by atoms with Crippen LogP contribution < -0.4 is 10.1 Å². The average molecular weight is 265 g/mol. The molecular weight excluding hydrogens is 238 g/mol. The van der Waals surface area contributed by atoms with Crippen molar-refractivity contribution in [3.05, 3.63) is 29.3 Å². The Kier molecular flexibility index (Phi) is 6.32. The minimum Gasteiger partial charge on any atom is -0.493 e. The quantitative estimate of drug-likeness (QED) is 0.710. The highest BCUT2D eigenvalue weighted by atomic mass is 16.5. The van der Waals surface area contributed by atoms with Crippen LogP contribution >= 0.6 is 0 Å². The monoisotopic (exact) mass is 265 g/mol. The Bertz CT molecular complexity index is 383. The molecule has 0 unspecified atom stereocenters. The predicted octanol–water partition coefficient (Wildman–Crippen LogP) is 3.03. The highest BCUT2D eigenvalue weighted by molar-refractivity contribution is 5.40. The van der Waals surface area contributed by atoms with Crippen molar-refractivity contribution >= 4 is 0 Å². The Labute approximate surface area is 117 Å². The number of rotatable bonds is 8. The lowest BCUT2D eigenvalue weighted by molar-refractivity contribution is 0.0551. The second-order valence-corrected chi connectivity index (χ2v) is 5.65. The zero-order valence-corrected chi connectivity index (χ0v) is 12.6. The van der Waals surface area contributed by atoms with Crippen LogP contribution in [0.5, 0.6) is 5.75 Å². The minimum absolute atomic E-state index is 0.537. The molecule has 108 valence electrons. The van der Waals surface area contributed by atoms with Crippen molar-refractivity contribution in [2.24, 2.45) is 0 Å². The third-order valence-corrected chi connectivity index (χ3v) is 3.00. The summed E-state index contributed by atoms with van der Waals surface area (Å²) < 4.78 is 5.87. The molecule has 3 nitrogen and oxygen atoms in total. The molecule has 0 saturated heterocycles. The molecule has 0 aromatic heterocycles. The Morgan fingerprint density at radius 3 is 2.68 bits per heavy atom. The summed E-state index contributed by atoms with van der Waals surface area (Å²) in [4.78, 5) is 0. The molecule has 0 bridgehead atoms. The fraction of sp³-hybridized carbons (Fsp3) is 0.625. The molecule has 1 rings (SSSR count). The van der Waals surface area contributed by atoms with E-state index < -0.39 is 5.60 Å². The van der Waals surface area contributed by atoms with Gasteiger partial charge in [0.2, 0.25) is 0 Å². The van der Waals surface area contributed by atoms with E-state index in [1.165, 1.54) is 5.56 Å². The van der Waals surface area contributed by atoms with Gasteiger partial charge in [-0.25, -0.2) is 0 Å². The second kappa shape index (κ2) is 7.51. The van der Waals surface area contributed by atoms with Gasteiger partial charge in [-0.1, -0.05) is 25.1 Å². The standard InChI is InChI=1S/C16H27NO2/c1-5-10-17-12-14-8-6-7-13(2)15(14)19-11-9-16(3,4)18/h6-8,17-18H,5,9-12H2,1-4H3. The van der Waals surface area contributed by atoms with Crippen LogP contribution in [0.25, 0.3) is 0 Å². The number of hydrogen-bond acceptors (Lipinski definition) is 3. The SMILES string of the molecule is CCCNCc1cccc(C)c1OCCC(C)(C)O. The first-order valence-corrected chi connectivity index (χ1v) is 7.08. The van der Waals surface area contributed by atoms with Crippen molar-refractivity contribution in [3.63, 3.8) is 0 Å². The van der Waals surface area contributed by atoms with E-state index in [4.69, 9.17) is 4.74 Å². The van der Waals surface area contributed by atoms with Crippen molar-refractivity contribution in [2.45, 2.75) is 52.7 Å². The van der Waals surface area contributed by atoms with Crippen molar-refractivity contribution in [2.75, 3.05) is 13.2 Å².